The van der Waals surface area contributed by atoms with Gasteiger partial charge in [-0.3, -0.25) is 9.59 Å². The summed E-state index contributed by atoms with van der Waals surface area (Å²) in [4.78, 5) is 23.4. The van der Waals surface area contributed by atoms with Crippen LogP contribution < -0.4 is 16.4 Å². The third-order valence-electron chi connectivity index (χ3n) is 3.26. The molecule has 122 valence electrons. The fourth-order valence-corrected chi connectivity index (χ4v) is 2.38. The third kappa shape index (κ3) is 5.11. The summed E-state index contributed by atoms with van der Waals surface area (Å²) in [5.74, 6) is -0.962. The summed E-state index contributed by atoms with van der Waals surface area (Å²) in [5, 5.41) is 5.25. The van der Waals surface area contributed by atoms with Gasteiger partial charge in [-0.15, -0.1) is 0 Å². The van der Waals surface area contributed by atoms with E-state index >= 15 is 0 Å². The maximum atomic E-state index is 13.6. The molecule has 0 saturated heterocycles. The van der Waals surface area contributed by atoms with Crippen molar-refractivity contribution in [3.63, 3.8) is 0 Å². The van der Waals surface area contributed by atoms with E-state index < -0.39 is 17.3 Å². The molecule has 0 aliphatic heterocycles. The Morgan fingerprint density at radius 3 is 2.50 bits per heavy atom. The Hall–Kier alpha value is -1.95. The highest BCUT2D eigenvalue weighted by Crippen LogP contribution is 2.19. The number of hydrogen-bond acceptors (Lipinski definition) is 3. The quantitative estimate of drug-likeness (QED) is 0.753. The summed E-state index contributed by atoms with van der Waals surface area (Å²) in [6, 6.07) is 3.85. The van der Waals surface area contributed by atoms with Gasteiger partial charge >= 0.3 is 0 Å². The number of amides is 2. The molecular formula is C16H24FN3O2. The fraction of sp³-hybridized carbons (Fsp3) is 0.500. The average Bonchev–Trinajstić information content (AvgIpc) is 2.39. The van der Waals surface area contributed by atoms with Crippen LogP contribution in [0, 0.1) is 11.7 Å². The first kappa shape index (κ1) is 18.1. The maximum Gasteiger partial charge on any atom is 0.251 e. The molecule has 0 aliphatic rings. The van der Waals surface area contributed by atoms with E-state index in [9.17, 15) is 14.0 Å². The van der Waals surface area contributed by atoms with E-state index in [0.717, 1.165) is 12.5 Å². The fourth-order valence-electron chi connectivity index (χ4n) is 2.38. The Kier molecular flexibility index (Phi) is 6.05. The Morgan fingerprint density at radius 1 is 1.36 bits per heavy atom. The van der Waals surface area contributed by atoms with Crippen molar-refractivity contribution in [2.75, 3.05) is 11.9 Å². The molecule has 1 aromatic carbocycles. The predicted octanol–water partition coefficient (Wildman–Crippen LogP) is 2.28. The smallest absolute Gasteiger partial charge is 0.251 e. The summed E-state index contributed by atoms with van der Waals surface area (Å²) >= 11 is 0. The molecular weight excluding hydrogens is 285 g/mol. The van der Waals surface area contributed by atoms with E-state index in [4.69, 9.17) is 5.73 Å². The summed E-state index contributed by atoms with van der Waals surface area (Å²) < 4.78 is 13.6. The molecule has 4 N–H and O–H groups in total. The second kappa shape index (κ2) is 7.35. The second-order valence-electron chi connectivity index (χ2n) is 6.19. The summed E-state index contributed by atoms with van der Waals surface area (Å²) in [6.45, 7) is 7.56. The summed E-state index contributed by atoms with van der Waals surface area (Å²) in [5.41, 5.74) is 5.49. The van der Waals surface area contributed by atoms with Gasteiger partial charge in [0.15, 0.2) is 0 Å². The number of halogens is 1. The molecule has 1 rings (SSSR count). The Morgan fingerprint density at radius 2 is 2.00 bits per heavy atom. The molecule has 2 amide bonds. The lowest BCUT2D eigenvalue weighted by atomic mass is 9.90. The van der Waals surface area contributed by atoms with Crippen molar-refractivity contribution in [2.45, 2.75) is 39.7 Å². The highest BCUT2D eigenvalue weighted by Gasteiger charge is 2.26. The van der Waals surface area contributed by atoms with Crippen LogP contribution in [0.4, 0.5) is 10.1 Å². The van der Waals surface area contributed by atoms with Gasteiger partial charge in [-0.1, -0.05) is 13.8 Å². The number of anilines is 1. The lowest BCUT2D eigenvalue weighted by molar-refractivity contribution is -0.114. The van der Waals surface area contributed by atoms with Gasteiger partial charge in [-0.25, -0.2) is 4.39 Å². The van der Waals surface area contributed by atoms with E-state index in [0.29, 0.717) is 12.5 Å². The first-order valence-electron chi connectivity index (χ1n) is 7.26. The van der Waals surface area contributed by atoms with Gasteiger partial charge < -0.3 is 16.4 Å². The van der Waals surface area contributed by atoms with Gasteiger partial charge in [-0.2, -0.15) is 0 Å². The van der Waals surface area contributed by atoms with Crippen LogP contribution in [0.1, 0.15) is 44.5 Å². The molecule has 0 heterocycles. The summed E-state index contributed by atoms with van der Waals surface area (Å²) in [6.07, 6.45) is 0.731. The molecule has 5 nitrogen and oxygen atoms in total. The minimum absolute atomic E-state index is 0.0153. The lowest BCUT2D eigenvalue weighted by Crippen LogP contribution is -2.52. The van der Waals surface area contributed by atoms with E-state index in [1.807, 2.05) is 20.8 Å². The van der Waals surface area contributed by atoms with Crippen LogP contribution in [0.15, 0.2) is 18.2 Å². The standard InChI is InChI=1S/C16H24FN3O2/c1-10(2)8-16(4,9-18)20-15(22)12-5-6-13(17)14(7-12)19-11(3)21/h5-7,10H,8-9,18H2,1-4H3,(H,19,21)(H,20,22). The van der Waals surface area contributed by atoms with Crippen molar-refractivity contribution >= 4 is 17.5 Å². The van der Waals surface area contributed by atoms with Gasteiger partial charge in [0.25, 0.3) is 5.91 Å². The molecule has 0 fully saturated rings. The number of hydrogen-bond donors (Lipinski definition) is 3. The zero-order valence-electron chi connectivity index (χ0n) is 13.5. The molecule has 0 aliphatic carbocycles. The number of rotatable bonds is 6. The van der Waals surface area contributed by atoms with Crippen molar-refractivity contribution in [1.29, 1.82) is 0 Å². The maximum absolute atomic E-state index is 13.6. The van der Waals surface area contributed by atoms with Crippen molar-refractivity contribution in [2.24, 2.45) is 11.7 Å². The number of benzene rings is 1. The van der Waals surface area contributed by atoms with Gasteiger partial charge in [0, 0.05) is 24.6 Å². The number of nitrogens with one attached hydrogen (secondary N) is 2. The van der Waals surface area contributed by atoms with E-state index in [-0.39, 0.29) is 17.2 Å². The summed E-state index contributed by atoms with van der Waals surface area (Å²) in [7, 11) is 0. The van der Waals surface area contributed by atoms with Crippen molar-refractivity contribution < 1.29 is 14.0 Å². The predicted molar refractivity (Wildman–Crippen MR) is 85.1 cm³/mol. The molecule has 0 bridgehead atoms. The molecule has 0 aromatic heterocycles. The van der Waals surface area contributed by atoms with E-state index in [1.54, 1.807) is 0 Å². The topological polar surface area (TPSA) is 84.2 Å². The number of nitrogens with two attached hydrogens (primary N) is 1. The average molecular weight is 309 g/mol. The van der Waals surface area contributed by atoms with Crippen LogP contribution in [0.3, 0.4) is 0 Å². The molecule has 0 saturated carbocycles. The van der Waals surface area contributed by atoms with Gasteiger partial charge in [0.2, 0.25) is 5.91 Å². The van der Waals surface area contributed by atoms with Gasteiger partial charge in [0.1, 0.15) is 5.82 Å². The second-order valence-corrected chi connectivity index (χ2v) is 6.19. The van der Waals surface area contributed by atoms with E-state index in [1.165, 1.54) is 19.1 Å². The van der Waals surface area contributed by atoms with Crippen molar-refractivity contribution in [1.82, 2.24) is 5.32 Å². The van der Waals surface area contributed by atoms with Crippen molar-refractivity contribution in [3.05, 3.63) is 29.6 Å². The SMILES string of the molecule is CC(=O)Nc1cc(C(=O)NC(C)(CN)CC(C)C)ccc1F. The van der Waals surface area contributed by atoms with Gasteiger partial charge in [0.05, 0.1) is 5.69 Å². The van der Waals surface area contributed by atoms with Crippen LogP contribution in [0.5, 0.6) is 0 Å². The molecule has 1 unspecified atom stereocenters. The number of carbonyl (C=O) groups is 2. The third-order valence-corrected chi connectivity index (χ3v) is 3.26. The van der Waals surface area contributed by atoms with Crippen LogP contribution >= 0.6 is 0 Å². The van der Waals surface area contributed by atoms with Crippen LogP contribution in [-0.4, -0.2) is 23.9 Å². The first-order valence-corrected chi connectivity index (χ1v) is 7.26. The molecule has 0 spiro atoms. The highest BCUT2D eigenvalue weighted by atomic mass is 19.1. The lowest BCUT2D eigenvalue weighted by Gasteiger charge is -2.31. The van der Waals surface area contributed by atoms with Crippen LogP contribution in [-0.2, 0) is 4.79 Å². The normalized spacial score (nSPS) is 13.6. The monoisotopic (exact) mass is 309 g/mol. The Bertz CT molecular complexity index is 560. The molecule has 0 radical (unpaired) electrons. The zero-order valence-corrected chi connectivity index (χ0v) is 13.5. The largest absolute Gasteiger partial charge is 0.346 e. The van der Waals surface area contributed by atoms with Crippen molar-refractivity contribution in [3.8, 4) is 0 Å². The first-order chi connectivity index (χ1) is 10.2. The number of carbonyl (C=O) groups excluding carboxylic acids is 2. The van der Waals surface area contributed by atoms with E-state index in [2.05, 4.69) is 10.6 Å². The minimum atomic E-state index is -0.587. The molecule has 22 heavy (non-hydrogen) atoms. The minimum Gasteiger partial charge on any atom is -0.346 e. The zero-order chi connectivity index (χ0) is 16.9. The Labute approximate surface area is 130 Å². The van der Waals surface area contributed by atoms with Crippen LogP contribution in [0.2, 0.25) is 0 Å². The molecule has 1 aromatic rings. The molecule has 6 heteroatoms. The van der Waals surface area contributed by atoms with Gasteiger partial charge in [-0.05, 0) is 37.5 Å². The Balaban J connectivity index is 2.95. The van der Waals surface area contributed by atoms with Crippen LogP contribution in [0.25, 0.3) is 0 Å². The molecule has 1 atom stereocenters. The highest BCUT2D eigenvalue weighted by molar-refractivity contribution is 5.97.